The van der Waals surface area contributed by atoms with Crippen molar-refractivity contribution in [3.8, 4) is 11.3 Å². The summed E-state index contributed by atoms with van der Waals surface area (Å²) in [5.74, 6) is 0. The van der Waals surface area contributed by atoms with Crippen molar-refractivity contribution in [1.82, 2.24) is 9.78 Å². The van der Waals surface area contributed by atoms with Crippen LogP contribution in [0.3, 0.4) is 0 Å². The fourth-order valence-corrected chi connectivity index (χ4v) is 2.27. The van der Waals surface area contributed by atoms with Crippen LogP contribution in [-0.2, 0) is 13.5 Å². The molecule has 0 fully saturated rings. The summed E-state index contributed by atoms with van der Waals surface area (Å²) in [7, 11) is 1.96. The van der Waals surface area contributed by atoms with Gasteiger partial charge in [0.1, 0.15) is 0 Å². The quantitative estimate of drug-likeness (QED) is 0.946. The summed E-state index contributed by atoms with van der Waals surface area (Å²) in [6, 6.07) is 10.5. The van der Waals surface area contributed by atoms with Crippen molar-refractivity contribution in [3.05, 3.63) is 40.5 Å². The highest BCUT2D eigenvalue weighted by Crippen LogP contribution is 2.23. The zero-order valence-electron chi connectivity index (χ0n) is 10.0. The molecule has 2 rings (SSSR count). The van der Waals surface area contributed by atoms with Crippen molar-refractivity contribution in [2.75, 3.05) is 0 Å². The Morgan fingerprint density at radius 3 is 2.82 bits per heavy atom. The second-order valence-electron chi connectivity index (χ2n) is 4.34. The molecule has 17 heavy (non-hydrogen) atoms. The van der Waals surface area contributed by atoms with Crippen LogP contribution in [0.4, 0.5) is 0 Å². The fraction of sp³-hybridized carbons (Fsp3) is 0.308. The van der Waals surface area contributed by atoms with Crippen LogP contribution in [0.2, 0.25) is 0 Å². The lowest BCUT2D eigenvalue weighted by molar-refractivity contribution is 0.687. The van der Waals surface area contributed by atoms with E-state index in [-0.39, 0.29) is 6.04 Å². The lowest BCUT2D eigenvalue weighted by atomic mass is 10.1. The number of hydrogen-bond donors (Lipinski definition) is 1. The van der Waals surface area contributed by atoms with Gasteiger partial charge in [-0.1, -0.05) is 28.1 Å². The zero-order chi connectivity index (χ0) is 12.4. The summed E-state index contributed by atoms with van der Waals surface area (Å²) in [6.45, 7) is 1.99. The standard InChI is InChI=1S/C13H16BrN3/c1-9(15)6-12-8-13(17(2)16-12)10-4-3-5-11(14)7-10/h3-5,7-9H,6,15H2,1-2H3. The average Bonchev–Trinajstić information content (AvgIpc) is 2.58. The first-order valence-electron chi connectivity index (χ1n) is 5.60. The van der Waals surface area contributed by atoms with E-state index < -0.39 is 0 Å². The molecule has 1 atom stereocenters. The van der Waals surface area contributed by atoms with Gasteiger partial charge in [0.2, 0.25) is 0 Å². The van der Waals surface area contributed by atoms with E-state index in [0.717, 1.165) is 27.8 Å². The van der Waals surface area contributed by atoms with E-state index >= 15 is 0 Å². The summed E-state index contributed by atoms with van der Waals surface area (Å²) < 4.78 is 2.98. The predicted octanol–water partition coefficient (Wildman–Crippen LogP) is 2.74. The summed E-state index contributed by atoms with van der Waals surface area (Å²) in [5, 5.41) is 4.48. The third-order valence-electron chi connectivity index (χ3n) is 2.58. The van der Waals surface area contributed by atoms with Gasteiger partial charge in [0.05, 0.1) is 11.4 Å². The Morgan fingerprint density at radius 1 is 1.41 bits per heavy atom. The molecule has 0 aliphatic rings. The predicted molar refractivity (Wildman–Crippen MR) is 73.7 cm³/mol. The molecule has 0 aliphatic carbocycles. The molecule has 0 spiro atoms. The monoisotopic (exact) mass is 293 g/mol. The molecule has 0 radical (unpaired) electrons. The van der Waals surface area contributed by atoms with Crippen LogP contribution >= 0.6 is 15.9 Å². The highest BCUT2D eigenvalue weighted by atomic mass is 79.9. The molecule has 90 valence electrons. The lowest BCUT2D eigenvalue weighted by Gasteiger charge is -2.01. The Hall–Kier alpha value is -1.13. The first kappa shape index (κ1) is 12.3. The lowest BCUT2D eigenvalue weighted by Crippen LogP contribution is -2.18. The number of hydrogen-bond acceptors (Lipinski definition) is 2. The minimum Gasteiger partial charge on any atom is -0.328 e. The summed E-state index contributed by atoms with van der Waals surface area (Å²) in [5.41, 5.74) is 9.10. The highest BCUT2D eigenvalue weighted by Gasteiger charge is 2.08. The van der Waals surface area contributed by atoms with Crippen molar-refractivity contribution >= 4 is 15.9 Å². The molecule has 0 amide bonds. The van der Waals surface area contributed by atoms with Gasteiger partial charge in [-0.25, -0.2) is 0 Å². The molecule has 2 aromatic rings. The number of nitrogens with two attached hydrogens (primary N) is 1. The minimum absolute atomic E-state index is 0.139. The Labute approximate surface area is 110 Å². The van der Waals surface area contributed by atoms with Gasteiger partial charge < -0.3 is 5.73 Å². The number of benzene rings is 1. The SMILES string of the molecule is CC(N)Cc1cc(-c2cccc(Br)c2)n(C)n1. The van der Waals surface area contributed by atoms with Crippen LogP contribution in [0.5, 0.6) is 0 Å². The highest BCUT2D eigenvalue weighted by molar-refractivity contribution is 9.10. The van der Waals surface area contributed by atoms with Crippen molar-refractivity contribution in [2.24, 2.45) is 12.8 Å². The number of aromatic nitrogens is 2. The normalized spacial score (nSPS) is 12.7. The summed E-state index contributed by atoms with van der Waals surface area (Å²) in [6.07, 6.45) is 0.807. The first-order valence-corrected chi connectivity index (χ1v) is 6.40. The molecule has 3 nitrogen and oxygen atoms in total. The number of aryl methyl sites for hydroxylation is 1. The van der Waals surface area contributed by atoms with Gasteiger partial charge in [-0.05, 0) is 25.1 Å². The molecule has 1 aromatic carbocycles. The fourth-order valence-electron chi connectivity index (χ4n) is 1.87. The van der Waals surface area contributed by atoms with Crippen LogP contribution in [0.25, 0.3) is 11.3 Å². The number of halogens is 1. The van der Waals surface area contributed by atoms with Gasteiger partial charge in [0, 0.05) is 29.5 Å². The van der Waals surface area contributed by atoms with Crippen LogP contribution < -0.4 is 5.73 Å². The molecule has 0 aliphatic heterocycles. The van der Waals surface area contributed by atoms with Crippen LogP contribution in [0.15, 0.2) is 34.8 Å². The maximum Gasteiger partial charge on any atom is 0.0682 e. The van der Waals surface area contributed by atoms with Crippen molar-refractivity contribution in [1.29, 1.82) is 0 Å². The third-order valence-corrected chi connectivity index (χ3v) is 3.08. The Balaban J connectivity index is 2.36. The van der Waals surface area contributed by atoms with E-state index in [1.807, 2.05) is 30.8 Å². The maximum atomic E-state index is 5.79. The molecule has 2 N–H and O–H groups in total. The van der Waals surface area contributed by atoms with E-state index in [9.17, 15) is 0 Å². The van der Waals surface area contributed by atoms with E-state index in [4.69, 9.17) is 5.73 Å². The second kappa shape index (κ2) is 5.02. The molecular formula is C13H16BrN3. The second-order valence-corrected chi connectivity index (χ2v) is 5.25. The largest absolute Gasteiger partial charge is 0.328 e. The summed E-state index contributed by atoms with van der Waals surface area (Å²) in [4.78, 5) is 0. The van der Waals surface area contributed by atoms with E-state index in [1.54, 1.807) is 0 Å². The Kier molecular flexibility index (Phi) is 3.64. The molecule has 1 unspecified atom stereocenters. The first-order chi connectivity index (χ1) is 8.06. The van der Waals surface area contributed by atoms with Crippen molar-refractivity contribution < 1.29 is 0 Å². The molecule has 0 bridgehead atoms. The topological polar surface area (TPSA) is 43.8 Å². The average molecular weight is 294 g/mol. The molecular weight excluding hydrogens is 278 g/mol. The van der Waals surface area contributed by atoms with Gasteiger partial charge in [0.15, 0.2) is 0 Å². The van der Waals surface area contributed by atoms with Crippen LogP contribution in [0.1, 0.15) is 12.6 Å². The Bertz CT molecular complexity index is 517. The van der Waals surface area contributed by atoms with Crippen molar-refractivity contribution in [3.63, 3.8) is 0 Å². The van der Waals surface area contributed by atoms with E-state index in [1.165, 1.54) is 0 Å². The minimum atomic E-state index is 0.139. The molecule has 1 aromatic heterocycles. The zero-order valence-corrected chi connectivity index (χ0v) is 11.6. The van der Waals surface area contributed by atoms with E-state index in [2.05, 4.69) is 39.2 Å². The van der Waals surface area contributed by atoms with Gasteiger partial charge in [0.25, 0.3) is 0 Å². The number of nitrogens with zero attached hydrogens (tertiary/aromatic N) is 2. The van der Waals surface area contributed by atoms with Gasteiger partial charge in [-0.2, -0.15) is 5.10 Å². The van der Waals surface area contributed by atoms with Gasteiger partial charge in [-0.15, -0.1) is 0 Å². The molecule has 1 heterocycles. The van der Waals surface area contributed by atoms with E-state index in [0.29, 0.717) is 0 Å². The Morgan fingerprint density at radius 2 is 2.18 bits per heavy atom. The van der Waals surface area contributed by atoms with Crippen LogP contribution in [-0.4, -0.2) is 15.8 Å². The maximum absolute atomic E-state index is 5.79. The smallest absolute Gasteiger partial charge is 0.0682 e. The number of rotatable bonds is 3. The van der Waals surface area contributed by atoms with Crippen LogP contribution in [0, 0.1) is 0 Å². The molecule has 4 heteroatoms. The third kappa shape index (κ3) is 2.96. The van der Waals surface area contributed by atoms with Gasteiger partial charge in [-0.3, -0.25) is 4.68 Å². The molecule has 0 saturated carbocycles. The van der Waals surface area contributed by atoms with Gasteiger partial charge >= 0.3 is 0 Å². The van der Waals surface area contributed by atoms with Crippen molar-refractivity contribution in [2.45, 2.75) is 19.4 Å². The summed E-state index contributed by atoms with van der Waals surface area (Å²) >= 11 is 3.48. The molecule has 0 saturated heterocycles.